The van der Waals surface area contributed by atoms with Crippen molar-refractivity contribution < 1.29 is 23.8 Å². The Hall–Kier alpha value is -3.85. The number of fused-ring (bicyclic) bond motifs is 4. The third kappa shape index (κ3) is 7.62. The van der Waals surface area contributed by atoms with Crippen LogP contribution >= 0.6 is 0 Å². The van der Waals surface area contributed by atoms with Crippen molar-refractivity contribution in [1.29, 1.82) is 0 Å². The summed E-state index contributed by atoms with van der Waals surface area (Å²) in [6.07, 6.45) is 8.01. The molecule has 9 nitrogen and oxygen atoms in total. The zero-order valence-electron chi connectivity index (χ0n) is 25.8. The number of hydrogen-bond donors (Lipinski definition) is 1. The summed E-state index contributed by atoms with van der Waals surface area (Å²) in [7, 11) is 1.31. The van der Waals surface area contributed by atoms with Crippen LogP contribution in [0.15, 0.2) is 62.5 Å². The molecule has 4 heterocycles. The van der Waals surface area contributed by atoms with Crippen LogP contribution in [0.25, 0.3) is 0 Å². The molecule has 3 atom stereocenters. The van der Waals surface area contributed by atoms with E-state index in [1.807, 2.05) is 41.0 Å². The molecule has 0 saturated carbocycles. The Morgan fingerprint density at radius 1 is 1.02 bits per heavy atom. The summed E-state index contributed by atoms with van der Waals surface area (Å²) in [4.78, 5) is 40.1. The van der Waals surface area contributed by atoms with Gasteiger partial charge in [0.1, 0.15) is 11.5 Å². The number of esters is 1. The number of carbonyl (C=O) groups is 1. The molecule has 1 saturated heterocycles. The maximum Gasteiger partial charge on any atom is 0.306 e. The van der Waals surface area contributed by atoms with Crippen molar-refractivity contribution in [1.82, 2.24) is 9.47 Å². The number of pyridine rings is 1. The number of ether oxygens (including phenoxy) is 2. The number of aromatic hydroxyl groups is 1. The normalized spacial score (nSPS) is 18.4. The van der Waals surface area contributed by atoms with Crippen LogP contribution in [0.2, 0.25) is 0 Å². The Kier molecular flexibility index (Phi) is 10.6. The highest BCUT2D eigenvalue weighted by atomic mass is 16.5. The van der Waals surface area contributed by atoms with Gasteiger partial charge < -0.3 is 23.6 Å². The lowest BCUT2D eigenvalue weighted by Crippen LogP contribution is -2.46. The largest absolute Gasteiger partial charge is 0.502 e. The standard InChI is InChI=1S/C35H44N2O7/c1-3-4-5-6-7-8-16-43-27-14-12-25(13-15-27)29(19-33(40)42-2)35-34(41)31(38)18-28(44-35)23-36-20-24-17-26(22-36)30-10-9-11-32(39)37(30)21-24/h9-15,18,24,26,29,41H,3-8,16-17,19-23H2,1-2H3/t24-,26+,29?/m1/s1. The Balaban J connectivity index is 1.31. The number of rotatable bonds is 14. The number of benzene rings is 1. The van der Waals surface area contributed by atoms with Gasteiger partial charge in [-0.3, -0.25) is 19.3 Å². The monoisotopic (exact) mass is 604 g/mol. The van der Waals surface area contributed by atoms with E-state index in [1.54, 1.807) is 6.07 Å². The van der Waals surface area contributed by atoms with Crippen LogP contribution in [0, 0.1) is 5.92 Å². The van der Waals surface area contributed by atoms with E-state index in [4.69, 9.17) is 13.9 Å². The maximum absolute atomic E-state index is 13.0. The summed E-state index contributed by atoms with van der Waals surface area (Å²) >= 11 is 0. The van der Waals surface area contributed by atoms with E-state index < -0.39 is 23.1 Å². The number of aromatic nitrogens is 1. The van der Waals surface area contributed by atoms with Crippen LogP contribution in [0.5, 0.6) is 11.5 Å². The third-order valence-corrected chi connectivity index (χ3v) is 8.90. The first kappa shape index (κ1) is 31.6. The Labute approximate surface area is 258 Å². The van der Waals surface area contributed by atoms with Crippen molar-refractivity contribution in [2.75, 3.05) is 26.8 Å². The summed E-state index contributed by atoms with van der Waals surface area (Å²) in [6, 6.07) is 14.1. The summed E-state index contributed by atoms with van der Waals surface area (Å²) < 4.78 is 19.0. The van der Waals surface area contributed by atoms with Gasteiger partial charge in [-0.15, -0.1) is 0 Å². The summed E-state index contributed by atoms with van der Waals surface area (Å²) in [5, 5.41) is 10.9. The van der Waals surface area contributed by atoms with Gasteiger partial charge in [-0.05, 0) is 42.5 Å². The lowest BCUT2D eigenvalue weighted by Gasteiger charge is -2.42. The van der Waals surface area contributed by atoms with Gasteiger partial charge in [0.25, 0.3) is 5.56 Å². The molecule has 0 radical (unpaired) electrons. The quantitative estimate of drug-likeness (QED) is 0.188. The van der Waals surface area contributed by atoms with Crippen molar-refractivity contribution in [3.8, 4) is 11.5 Å². The number of piperidine rings is 1. The first-order valence-electron chi connectivity index (χ1n) is 15.9. The van der Waals surface area contributed by atoms with Gasteiger partial charge in [-0.1, -0.05) is 57.2 Å². The molecule has 5 rings (SSSR count). The summed E-state index contributed by atoms with van der Waals surface area (Å²) in [5.74, 6) is 0.0144. The fraction of sp³-hybridized carbons (Fsp3) is 0.514. The van der Waals surface area contributed by atoms with Crippen LogP contribution in [0.4, 0.5) is 0 Å². The van der Waals surface area contributed by atoms with E-state index >= 15 is 0 Å². The van der Waals surface area contributed by atoms with Crippen molar-refractivity contribution >= 4 is 5.97 Å². The minimum absolute atomic E-state index is 0.0360. The van der Waals surface area contributed by atoms with Crippen LogP contribution in [0.3, 0.4) is 0 Å². The van der Waals surface area contributed by atoms with E-state index in [0.717, 1.165) is 43.8 Å². The topological polar surface area (TPSA) is 111 Å². The highest BCUT2D eigenvalue weighted by Gasteiger charge is 2.35. The van der Waals surface area contributed by atoms with Crippen LogP contribution in [-0.2, 0) is 22.6 Å². The van der Waals surface area contributed by atoms with E-state index in [-0.39, 0.29) is 23.7 Å². The van der Waals surface area contributed by atoms with Crippen LogP contribution < -0.4 is 15.7 Å². The van der Waals surface area contributed by atoms with Gasteiger partial charge in [0.2, 0.25) is 11.2 Å². The Bertz CT molecular complexity index is 1530. The van der Waals surface area contributed by atoms with Crippen molar-refractivity contribution in [3.63, 3.8) is 0 Å². The van der Waals surface area contributed by atoms with Gasteiger partial charge in [0.15, 0.2) is 5.76 Å². The predicted molar refractivity (Wildman–Crippen MR) is 167 cm³/mol. The minimum atomic E-state index is -0.720. The number of unbranched alkanes of at least 4 members (excludes halogenated alkanes) is 5. The average Bonchev–Trinajstić information content (AvgIpc) is 3.02. The second-order valence-corrected chi connectivity index (χ2v) is 12.2. The van der Waals surface area contributed by atoms with Gasteiger partial charge >= 0.3 is 5.97 Å². The molecular formula is C35H44N2O7. The second kappa shape index (κ2) is 14.8. The van der Waals surface area contributed by atoms with Gasteiger partial charge in [0.05, 0.1) is 32.6 Å². The van der Waals surface area contributed by atoms with E-state index in [2.05, 4.69) is 11.8 Å². The Morgan fingerprint density at radius 2 is 1.80 bits per heavy atom. The number of hydrogen-bond acceptors (Lipinski definition) is 8. The SMILES string of the molecule is CCCCCCCCOc1ccc(C(CC(=O)OC)c2oc(CN3C[C@H]4C[C@@H](C3)c3cccc(=O)n3C4)cc(=O)c2O)cc1. The smallest absolute Gasteiger partial charge is 0.306 e. The van der Waals surface area contributed by atoms with Crippen molar-refractivity contribution in [2.24, 2.45) is 5.92 Å². The molecule has 0 amide bonds. The highest BCUT2D eigenvalue weighted by molar-refractivity contribution is 5.71. The molecule has 1 fully saturated rings. The molecule has 44 heavy (non-hydrogen) atoms. The van der Waals surface area contributed by atoms with Crippen molar-refractivity contribution in [2.45, 2.75) is 83.2 Å². The molecule has 0 spiro atoms. The fourth-order valence-corrected chi connectivity index (χ4v) is 6.69. The molecule has 2 aliphatic heterocycles. The zero-order valence-corrected chi connectivity index (χ0v) is 25.8. The summed E-state index contributed by atoms with van der Waals surface area (Å²) in [5.41, 5.74) is 1.23. The average molecular weight is 605 g/mol. The Morgan fingerprint density at radius 3 is 2.57 bits per heavy atom. The highest BCUT2D eigenvalue weighted by Crippen LogP contribution is 2.37. The number of nitrogens with zero attached hydrogens (tertiary/aromatic N) is 2. The third-order valence-electron chi connectivity index (χ3n) is 8.90. The van der Waals surface area contributed by atoms with Gasteiger partial charge in [-0.2, -0.15) is 0 Å². The van der Waals surface area contributed by atoms with E-state index in [1.165, 1.54) is 38.9 Å². The first-order chi connectivity index (χ1) is 21.4. The molecule has 1 N–H and O–H groups in total. The van der Waals surface area contributed by atoms with Gasteiger partial charge in [0, 0.05) is 43.4 Å². The number of carbonyl (C=O) groups excluding carboxylic acids is 1. The molecule has 0 aliphatic carbocycles. The van der Waals surface area contributed by atoms with E-state index in [9.17, 15) is 19.5 Å². The number of likely N-dealkylation sites (tertiary alicyclic amines) is 1. The lowest BCUT2D eigenvalue weighted by molar-refractivity contribution is -0.140. The number of methoxy groups -OCH3 is 1. The molecule has 236 valence electrons. The van der Waals surface area contributed by atoms with Crippen LogP contribution in [0.1, 0.15) is 92.9 Å². The molecule has 2 aromatic heterocycles. The molecule has 9 heteroatoms. The molecule has 2 aliphatic rings. The van der Waals surface area contributed by atoms with Crippen LogP contribution in [-0.4, -0.2) is 47.3 Å². The minimum Gasteiger partial charge on any atom is -0.502 e. The molecule has 2 bridgehead atoms. The molecule has 1 aromatic carbocycles. The molecule has 1 unspecified atom stereocenters. The molecule has 3 aromatic rings. The van der Waals surface area contributed by atoms with Crippen molar-refractivity contribution in [3.05, 3.63) is 91.9 Å². The zero-order chi connectivity index (χ0) is 31.1. The summed E-state index contributed by atoms with van der Waals surface area (Å²) in [6.45, 7) is 5.39. The molecular weight excluding hydrogens is 560 g/mol. The van der Waals surface area contributed by atoms with E-state index in [0.29, 0.717) is 36.9 Å². The second-order valence-electron chi connectivity index (χ2n) is 12.2. The van der Waals surface area contributed by atoms with Gasteiger partial charge in [-0.25, -0.2) is 0 Å². The fourth-order valence-electron chi connectivity index (χ4n) is 6.69. The maximum atomic E-state index is 13.0. The lowest BCUT2D eigenvalue weighted by atomic mass is 9.83. The first-order valence-corrected chi connectivity index (χ1v) is 15.9. The predicted octanol–water partition coefficient (Wildman–Crippen LogP) is 5.56.